The molecule has 0 aliphatic rings. The van der Waals surface area contributed by atoms with Crippen molar-refractivity contribution in [3.8, 4) is 0 Å². The van der Waals surface area contributed by atoms with Gasteiger partial charge >= 0.3 is 0 Å². The number of aryl methyl sites for hydroxylation is 1. The van der Waals surface area contributed by atoms with Crippen LogP contribution in [0.2, 0.25) is 0 Å². The van der Waals surface area contributed by atoms with Gasteiger partial charge in [0, 0.05) is 37.6 Å². The van der Waals surface area contributed by atoms with Crippen LogP contribution in [0.15, 0.2) is 30.6 Å². The lowest BCUT2D eigenvalue weighted by molar-refractivity contribution is 0.0786. The number of aromatic nitrogens is 2. The number of nitrogens with one attached hydrogen (secondary N) is 2. The first-order valence-corrected chi connectivity index (χ1v) is 6.69. The first kappa shape index (κ1) is 14.1. The lowest BCUT2D eigenvalue weighted by Crippen LogP contribution is -2.27. The van der Waals surface area contributed by atoms with Crippen LogP contribution >= 0.6 is 0 Å². The van der Waals surface area contributed by atoms with E-state index in [2.05, 4.69) is 15.5 Å². The van der Waals surface area contributed by atoms with Crippen molar-refractivity contribution in [3.63, 3.8) is 0 Å². The molecule has 0 unspecified atom stereocenters. The highest BCUT2D eigenvalue weighted by atomic mass is 16.2. The SMILES string of the molecule is CCNc1cc(C)ccc1C(=O)N(C)Cc1cn[nH]c1. The zero-order valence-corrected chi connectivity index (χ0v) is 12.1. The average Bonchev–Trinajstić information content (AvgIpc) is 2.91. The standard InChI is InChI=1S/C15H20N4O/c1-4-16-14-7-11(2)5-6-13(14)15(20)19(3)10-12-8-17-18-9-12/h5-9,16H,4,10H2,1-3H3,(H,17,18). The number of hydrogen-bond acceptors (Lipinski definition) is 3. The summed E-state index contributed by atoms with van der Waals surface area (Å²) in [4.78, 5) is 14.2. The highest BCUT2D eigenvalue weighted by Crippen LogP contribution is 2.19. The summed E-state index contributed by atoms with van der Waals surface area (Å²) in [6.07, 6.45) is 3.52. The third-order valence-corrected chi connectivity index (χ3v) is 3.09. The third kappa shape index (κ3) is 3.17. The second-order valence-electron chi connectivity index (χ2n) is 4.85. The van der Waals surface area contributed by atoms with Crippen LogP contribution < -0.4 is 5.32 Å². The summed E-state index contributed by atoms with van der Waals surface area (Å²) in [7, 11) is 1.80. The molecule has 5 nitrogen and oxygen atoms in total. The van der Waals surface area contributed by atoms with Crippen LogP contribution in [0.25, 0.3) is 0 Å². The molecule has 0 radical (unpaired) electrons. The average molecular weight is 272 g/mol. The topological polar surface area (TPSA) is 61.0 Å². The molecule has 106 valence electrons. The zero-order chi connectivity index (χ0) is 14.5. The Morgan fingerprint density at radius 1 is 1.45 bits per heavy atom. The van der Waals surface area contributed by atoms with Crippen LogP contribution in [0.3, 0.4) is 0 Å². The maximum absolute atomic E-state index is 12.5. The number of hydrogen-bond donors (Lipinski definition) is 2. The van der Waals surface area contributed by atoms with Gasteiger partial charge in [-0.15, -0.1) is 0 Å². The number of anilines is 1. The van der Waals surface area contributed by atoms with E-state index < -0.39 is 0 Å². The fourth-order valence-electron chi connectivity index (χ4n) is 2.10. The fourth-order valence-corrected chi connectivity index (χ4v) is 2.10. The van der Waals surface area contributed by atoms with Gasteiger partial charge in [0.15, 0.2) is 0 Å². The number of aromatic amines is 1. The summed E-state index contributed by atoms with van der Waals surface area (Å²) in [5, 5.41) is 9.89. The zero-order valence-electron chi connectivity index (χ0n) is 12.1. The van der Waals surface area contributed by atoms with Crippen molar-refractivity contribution in [1.82, 2.24) is 15.1 Å². The second-order valence-corrected chi connectivity index (χ2v) is 4.85. The summed E-state index contributed by atoms with van der Waals surface area (Å²) in [5.74, 6) is 0.00199. The molecule has 1 amide bonds. The second kappa shape index (κ2) is 6.23. The minimum atomic E-state index is 0.00199. The number of H-pyrrole nitrogens is 1. The largest absolute Gasteiger partial charge is 0.385 e. The van der Waals surface area contributed by atoms with Crippen LogP contribution in [0, 0.1) is 6.92 Å². The number of carbonyl (C=O) groups excluding carboxylic acids is 1. The molecule has 1 aromatic carbocycles. The lowest BCUT2D eigenvalue weighted by Gasteiger charge is -2.19. The predicted molar refractivity (Wildman–Crippen MR) is 79.7 cm³/mol. The summed E-state index contributed by atoms with van der Waals surface area (Å²) in [5.41, 5.74) is 3.70. The van der Waals surface area contributed by atoms with Crippen LogP contribution in [0.5, 0.6) is 0 Å². The van der Waals surface area contributed by atoms with Gasteiger partial charge in [0.1, 0.15) is 0 Å². The Labute approximate surface area is 119 Å². The predicted octanol–water partition coefficient (Wildman–Crippen LogP) is 2.42. The molecule has 20 heavy (non-hydrogen) atoms. The molecule has 0 saturated heterocycles. The maximum atomic E-state index is 12.5. The van der Waals surface area contributed by atoms with Crippen molar-refractivity contribution in [2.45, 2.75) is 20.4 Å². The van der Waals surface area contributed by atoms with Gasteiger partial charge in [-0.25, -0.2) is 0 Å². The highest BCUT2D eigenvalue weighted by Gasteiger charge is 2.16. The van der Waals surface area contributed by atoms with Gasteiger partial charge in [0.2, 0.25) is 0 Å². The summed E-state index contributed by atoms with van der Waals surface area (Å²) < 4.78 is 0. The molecule has 0 atom stereocenters. The van der Waals surface area contributed by atoms with Gasteiger partial charge in [0.05, 0.1) is 11.8 Å². The summed E-state index contributed by atoms with van der Waals surface area (Å²) in [6, 6.07) is 5.84. The van der Waals surface area contributed by atoms with Crippen molar-refractivity contribution in [2.24, 2.45) is 0 Å². The van der Waals surface area contributed by atoms with E-state index in [1.165, 1.54) is 0 Å². The van der Waals surface area contributed by atoms with Crippen LogP contribution in [-0.4, -0.2) is 34.6 Å². The van der Waals surface area contributed by atoms with E-state index in [1.54, 1.807) is 24.3 Å². The Kier molecular flexibility index (Phi) is 4.40. The van der Waals surface area contributed by atoms with E-state index in [-0.39, 0.29) is 5.91 Å². The minimum absolute atomic E-state index is 0.00199. The number of carbonyl (C=O) groups is 1. The van der Waals surface area contributed by atoms with E-state index in [4.69, 9.17) is 0 Å². The van der Waals surface area contributed by atoms with E-state index in [1.807, 2.05) is 32.0 Å². The van der Waals surface area contributed by atoms with Gasteiger partial charge in [-0.05, 0) is 31.5 Å². The number of rotatable bonds is 5. The number of benzene rings is 1. The Bertz CT molecular complexity index is 578. The van der Waals surface area contributed by atoms with E-state index in [9.17, 15) is 4.79 Å². The molecule has 1 aromatic heterocycles. The van der Waals surface area contributed by atoms with Crippen molar-refractivity contribution in [1.29, 1.82) is 0 Å². The molecule has 2 rings (SSSR count). The van der Waals surface area contributed by atoms with Crippen LogP contribution in [0.4, 0.5) is 5.69 Å². The molecule has 2 aromatic rings. The summed E-state index contributed by atoms with van der Waals surface area (Å²) >= 11 is 0. The lowest BCUT2D eigenvalue weighted by atomic mass is 10.1. The molecule has 0 fully saturated rings. The monoisotopic (exact) mass is 272 g/mol. The molecule has 0 aliphatic heterocycles. The van der Waals surface area contributed by atoms with Gasteiger partial charge in [0.25, 0.3) is 5.91 Å². The molecule has 1 heterocycles. The first-order chi connectivity index (χ1) is 9.61. The molecule has 0 bridgehead atoms. The minimum Gasteiger partial charge on any atom is -0.385 e. The van der Waals surface area contributed by atoms with Crippen molar-refractivity contribution in [2.75, 3.05) is 18.9 Å². The quantitative estimate of drug-likeness (QED) is 0.878. The maximum Gasteiger partial charge on any atom is 0.255 e. The molecule has 0 spiro atoms. The van der Waals surface area contributed by atoms with Crippen molar-refractivity contribution >= 4 is 11.6 Å². The Balaban J connectivity index is 2.19. The number of amides is 1. The van der Waals surface area contributed by atoms with Gasteiger partial charge < -0.3 is 10.2 Å². The highest BCUT2D eigenvalue weighted by molar-refractivity contribution is 5.99. The smallest absolute Gasteiger partial charge is 0.255 e. The third-order valence-electron chi connectivity index (χ3n) is 3.09. The molecular formula is C15H20N4O. The Hall–Kier alpha value is -2.30. The Morgan fingerprint density at radius 3 is 2.90 bits per heavy atom. The fraction of sp³-hybridized carbons (Fsp3) is 0.333. The van der Waals surface area contributed by atoms with E-state index in [0.29, 0.717) is 12.1 Å². The summed E-state index contributed by atoms with van der Waals surface area (Å²) in [6.45, 7) is 5.36. The van der Waals surface area contributed by atoms with E-state index >= 15 is 0 Å². The molecule has 0 aliphatic carbocycles. The van der Waals surface area contributed by atoms with E-state index in [0.717, 1.165) is 23.4 Å². The first-order valence-electron chi connectivity index (χ1n) is 6.69. The van der Waals surface area contributed by atoms with Crippen molar-refractivity contribution < 1.29 is 4.79 Å². The van der Waals surface area contributed by atoms with Gasteiger partial charge in [-0.3, -0.25) is 9.89 Å². The van der Waals surface area contributed by atoms with Gasteiger partial charge in [-0.1, -0.05) is 6.07 Å². The normalized spacial score (nSPS) is 10.3. The van der Waals surface area contributed by atoms with Crippen LogP contribution in [0.1, 0.15) is 28.4 Å². The molecule has 5 heteroatoms. The van der Waals surface area contributed by atoms with Gasteiger partial charge in [-0.2, -0.15) is 5.10 Å². The molecular weight excluding hydrogens is 252 g/mol. The van der Waals surface area contributed by atoms with Crippen molar-refractivity contribution in [3.05, 3.63) is 47.3 Å². The molecule has 0 saturated carbocycles. The van der Waals surface area contributed by atoms with Crippen LogP contribution in [-0.2, 0) is 6.54 Å². The Morgan fingerprint density at radius 2 is 2.25 bits per heavy atom. The molecule has 2 N–H and O–H groups in total. The number of nitrogens with zero attached hydrogens (tertiary/aromatic N) is 2.